The van der Waals surface area contributed by atoms with Gasteiger partial charge in [-0.15, -0.1) is 23.1 Å². The van der Waals surface area contributed by atoms with Crippen molar-refractivity contribution in [3.05, 3.63) is 53.4 Å². The zero-order valence-electron chi connectivity index (χ0n) is 16.2. The molecule has 146 valence electrons. The minimum atomic E-state index is -0.177. The van der Waals surface area contributed by atoms with Crippen molar-refractivity contribution in [2.75, 3.05) is 19.5 Å². The van der Waals surface area contributed by atoms with E-state index < -0.39 is 0 Å². The molecule has 2 aromatic carbocycles. The number of hydrogen-bond acceptors (Lipinski definition) is 6. The van der Waals surface area contributed by atoms with Crippen molar-refractivity contribution in [1.29, 1.82) is 0 Å². The van der Waals surface area contributed by atoms with Crippen molar-refractivity contribution in [3.8, 4) is 22.8 Å². The predicted molar refractivity (Wildman–Crippen MR) is 116 cm³/mol. The summed E-state index contributed by atoms with van der Waals surface area (Å²) < 4.78 is 10.7. The average Bonchev–Trinajstić information content (AvgIpc) is 3.15. The molecule has 7 heteroatoms. The lowest BCUT2D eigenvalue weighted by Crippen LogP contribution is -2.11. The van der Waals surface area contributed by atoms with Crippen LogP contribution in [0.2, 0.25) is 0 Å². The van der Waals surface area contributed by atoms with Crippen LogP contribution in [0.1, 0.15) is 24.2 Å². The van der Waals surface area contributed by atoms with Crippen molar-refractivity contribution in [2.45, 2.75) is 24.0 Å². The summed E-state index contributed by atoms with van der Waals surface area (Å²) in [6.45, 7) is 4.28. The number of carbonyl (C=O) groups is 1. The van der Waals surface area contributed by atoms with E-state index in [0.29, 0.717) is 27.4 Å². The molecule has 1 heterocycles. The molecule has 5 nitrogen and oxygen atoms in total. The first-order chi connectivity index (χ1) is 13.5. The fourth-order valence-corrected chi connectivity index (χ4v) is 4.13. The first-order valence-electron chi connectivity index (χ1n) is 8.76. The monoisotopic (exact) mass is 414 g/mol. The van der Waals surface area contributed by atoms with Gasteiger partial charge in [-0.25, -0.2) is 4.98 Å². The molecule has 3 rings (SSSR count). The first-order valence-corrected chi connectivity index (χ1v) is 10.5. The second-order valence-corrected chi connectivity index (χ2v) is 8.76. The van der Waals surface area contributed by atoms with E-state index in [9.17, 15) is 4.79 Å². The van der Waals surface area contributed by atoms with Crippen LogP contribution in [0, 0.1) is 0 Å². The summed E-state index contributed by atoms with van der Waals surface area (Å²) in [7, 11) is 3.22. The molecule has 0 unspecified atom stereocenters. The lowest BCUT2D eigenvalue weighted by molar-refractivity contribution is 0.102. The van der Waals surface area contributed by atoms with E-state index in [1.165, 1.54) is 11.3 Å². The Morgan fingerprint density at radius 1 is 1.11 bits per heavy atom. The molecule has 1 N–H and O–H groups in total. The molecule has 0 atom stereocenters. The minimum Gasteiger partial charge on any atom is -0.497 e. The summed E-state index contributed by atoms with van der Waals surface area (Å²) in [6.07, 6.45) is 0. The molecular formula is C21H22N2O3S2. The van der Waals surface area contributed by atoms with Gasteiger partial charge in [-0.2, -0.15) is 0 Å². The standard InChI is InChI=1S/C21H22N2O3S2/c1-13(2)28-16-8-5-14(6-9-16)20(24)23-21-22-18(12-27-21)17-10-7-15(25-3)11-19(17)26-4/h5-13H,1-4H3,(H,22,23,24). The Bertz CT molecular complexity index is 953. The van der Waals surface area contributed by atoms with Gasteiger partial charge in [-0.05, 0) is 36.4 Å². The SMILES string of the molecule is COc1ccc(-c2csc(NC(=O)c3ccc(SC(C)C)cc3)n2)c(OC)c1. The lowest BCUT2D eigenvalue weighted by atomic mass is 10.1. The van der Waals surface area contributed by atoms with E-state index in [4.69, 9.17) is 9.47 Å². The van der Waals surface area contributed by atoms with Crippen molar-refractivity contribution < 1.29 is 14.3 Å². The molecule has 3 aromatic rings. The Labute approximate surface area is 173 Å². The van der Waals surface area contributed by atoms with Crippen molar-refractivity contribution in [3.63, 3.8) is 0 Å². The van der Waals surface area contributed by atoms with Crippen LogP contribution in [0.5, 0.6) is 11.5 Å². The number of nitrogens with one attached hydrogen (secondary N) is 1. The van der Waals surface area contributed by atoms with Gasteiger partial charge in [0.25, 0.3) is 5.91 Å². The summed E-state index contributed by atoms with van der Waals surface area (Å²) in [6, 6.07) is 13.2. The van der Waals surface area contributed by atoms with Gasteiger partial charge in [0.05, 0.1) is 19.9 Å². The van der Waals surface area contributed by atoms with Crippen LogP contribution in [0.25, 0.3) is 11.3 Å². The highest BCUT2D eigenvalue weighted by Crippen LogP contribution is 2.35. The van der Waals surface area contributed by atoms with E-state index in [1.807, 2.05) is 47.8 Å². The second-order valence-electron chi connectivity index (χ2n) is 6.25. The number of nitrogens with zero attached hydrogens (tertiary/aromatic N) is 1. The molecule has 0 fully saturated rings. The number of thiazole rings is 1. The summed E-state index contributed by atoms with van der Waals surface area (Å²) >= 11 is 3.14. The Morgan fingerprint density at radius 2 is 1.86 bits per heavy atom. The number of hydrogen-bond donors (Lipinski definition) is 1. The van der Waals surface area contributed by atoms with Gasteiger partial charge in [0.2, 0.25) is 0 Å². The fourth-order valence-electron chi connectivity index (χ4n) is 2.59. The Balaban J connectivity index is 1.73. The average molecular weight is 415 g/mol. The van der Waals surface area contributed by atoms with Crippen LogP contribution in [-0.4, -0.2) is 30.4 Å². The van der Waals surface area contributed by atoms with Crippen LogP contribution in [0.4, 0.5) is 5.13 Å². The molecule has 0 saturated heterocycles. The van der Waals surface area contributed by atoms with Crippen LogP contribution in [0.15, 0.2) is 52.7 Å². The maximum absolute atomic E-state index is 12.5. The molecule has 0 aliphatic rings. The highest BCUT2D eigenvalue weighted by atomic mass is 32.2. The van der Waals surface area contributed by atoms with Gasteiger partial charge in [0.15, 0.2) is 5.13 Å². The molecule has 0 spiro atoms. The third-order valence-corrected chi connectivity index (χ3v) is 5.67. The van der Waals surface area contributed by atoms with Crippen molar-refractivity contribution >= 4 is 34.1 Å². The zero-order valence-corrected chi connectivity index (χ0v) is 17.8. The number of benzene rings is 2. The Kier molecular flexibility index (Phi) is 6.59. The molecule has 1 amide bonds. The van der Waals surface area contributed by atoms with Crippen LogP contribution < -0.4 is 14.8 Å². The van der Waals surface area contributed by atoms with Gasteiger partial charge in [0.1, 0.15) is 11.5 Å². The molecule has 0 bridgehead atoms. The quantitative estimate of drug-likeness (QED) is 0.511. The summed E-state index contributed by atoms with van der Waals surface area (Å²) in [5, 5.41) is 5.80. The van der Waals surface area contributed by atoms with E-state index >= 15 is 0 Å². The number of carbonyl (C=O) groups excluding carboxylic acids is 1. The van der Waals surface area contributed by atoms with Gasteiger partial charge in [0, 0.05) is 32.7 Å². The van der Waals surface area contributed by atoms with Gasteiger partial charge in [-0.3, -0.25) is 10.1 Å². The predicted octanol–water partition coefficient (Wildman–Crippen LogP) is 5.58. The lowest BCUT2D eigenvalue weighted by Gasteiger charge is -2.08. The Morgan fingerprint density at radius 3 is 2.50 bits per heavy atom. The highest BCUT2D eigenvalue weighted by Gasteiger charge is 2.13. The van der Waals surface area contributed by atoms with Gasteiger partial charge < -0.3 is 9.47 Å². The topological polar surface area (TPSA) is 60.5 Å². The van der Waals surface area contributed by atoms with Crippen LogP contribution in [0.3, 0.4) is 0 Å². The summed E-state index contributed by atoms with van der Waals surface area (Å²) in [4.78, 5) is 18.2. The number of thioether (sulfide) groups is 1. The molecule has 0 saturated carbocycles. The van der Waals surface area contributed by atoms with Crippen molar-refractivity contribution in [1.82, 2.24) is 4.98 Å². The largest absolute Gasteiger partial charge is 0.497 e. The maximum Gasteiger partial charge on any atom is 0.257 e. The molecule has 0 aliphatic heterocycles. The van der Waals surface area contributed by atoms with Crippen molar-refractivity contribution in [2.24, 2.45) is 0 Å². The fraction of sp³-hybridized carbons (Fsp3) is 0.238. The highest BCUT2D eigenvalue weighted by molar-refractivity contribution is 7.99. The molecule has 28 heavy (non-hydrogen) atoms. The summed E-state index contributed by atoms with van der Waals surface area (Å²) in [5.41, 5.74) is 2.19. The second kappa shape index (κ2) is 9.12. The number of rotatable bonds is 7. The Hall–Kier alpha value is -2.51. The number of aromatic nitrogens is 1. The van der Waals surface area contributed by atoms with E-state index in [-0.39, 0.29) is 5.91 Å². The molecule has 0 radical (unpaired) electrons. The van der Waals surface area contributed by atoms with Gasteiger partial charge >= 0.3 is 0 Å². The van der Waals surface area contributed by atoms with Gasteiger partial charge in [-0.1, -0.05) is 13.8 Å². The third kappa shape index (κ3) is 4.85. The maximum atomic E-state index is 12.5. The van der Waals surface area contributed by atoms with E-state index in [0.717, 1.165) is 16.2 Å². The smallest absolute Gasteiger partial charge is 0.257 e. The first kappa shape index (κ1) is 20.2. The van der Waals surface area contributed by atoms with Crippen LogP contribution >= 0.6 is 23.1 Å². The molecule has 1 aromatic heterocycles. The zero-order chi connectivity index (χ0) is 20.1. The number of anilines is 1. The molecular weight excluding hydrogens is 392 g/mol. The summed E-state index contributed by atoms with van der Waals surface area (Å²) in [5.74, 6) is 1.20. The van der Waals surface area contributed by atoms with Crippen LogP contribution in [-0.2, 0) is 0 Å². The van der Waals surface area contributed by atoms with E-state index in [1.54, 1.807) is 26.0 Å². The molecule has 0 aliphatic carbocycles. The van der Waals surface area contributed by atoms with E-state index in [2.05, 4.69) is 24.1 Å². The number of methoxy groups -OCH3 is 2. The number of amides is 1. The normalized spacial score (nSPS) is 10.8. The number of ether oxygens (including phenoxy) is 2. The minimum absolute atomic E-state index is 0.177. The third-order valence-electron chi connectivity index (χ3n) is 3.90.